The number of benzene rings is 1. The van der Waals surface area contributed by atoms with Crippen molar-refractivity contribution in [2.24, 2.45) is 7.05 Å². The normalized spacial score (nSPS) is 12.8. The van der Waals surface area contributed by atoms with Crippen molar-refractivity contribution in [3.63, 3.8) is 0 Å². The molecule has 0 aliphatic carbocycles. The van der Waals surface area contributed by atoms with Gasteiger partial charge in [0, 0.05) is 13.1 Å². The van der Waals surface area contributed by atoms with Crippen molar-refractivity contribution in [1.82, 2.24) is 20.1 Å². The second-order valence-electron chi connectivity index (χ2n) is 4.89. The van der Waals surface area contributed by atoms with Gasteiger partial charge in [0.2, 0.25) is 12.7 Å². The van der Waals surface area contributed by atoms with Gasteiger partial charge in [-0.3, -0.25) is 4.79 Å². The summed E-state index contributed by atoms with van der Waals surface area (Å²) in [6.07, 6.45) is 3.19. The maximum atomic E-state index is 11.8. The molecule has 0 saturated heterocycles. The molecule has 0 unspecified atom stereocenters. The number of nitrogens with zero attached hydrogens (tertiary/aromatic N) is 3. The average molecular weight is 300 g/mol. The fourth-order valence-electron chi connectivity index (χ4n) is 2.02. The number of carbonyl (C=O) groups is 1. The summed E-state index contributed by atoms with van der Waals surface area (Å²) in [5.41, 5.74) is 0.869. The van der Waals surface area contributed by atoms with Crippen LogP contribution in [-0.2, 0) is 18.4 Å². The average Bonchev–Trinajstić information content (AvgIpc) is 3.11. The predicted octanol–water partition coefficient (Wildman–Crippen LogP) is 1.18. The first-order valence-corrected chi connectivity index (χ1v) is 6.84. The van der Waals surface area contributed by atoms with Crippen molar-refractivity contribution in [1.29, 1.82) is 0 Å². The largest absolute Gasteiger partial charge is 0.454 e. The first kappa shape index (κ1) is 14.1. The topological polar surface area (TPSA) is 78.3 Å². The molecule has 1 amide bonds. The first-order valence-electron chi connectivity index (χ1n) is 6.84. The molecule has 1 aromatic carbocycles. The van der Waals surface area contributed by atoms with Crippen molar-refractivity contribution < 1.29 is 14.3 Å². The zero-order valence-corrected chi connectivity index (χ0v) is 12.4. The highest BCUT2D eigenvalue weighted by molar-refractivity contribution is 5.91. The van der Waals surface area contributed by atoms with E-state index in [0.29, 0.717) is 18.1 Å². The molecule has 22 heavy (non-hydrogen) atoms. The van der Waals surface area contributed by atoms with Gasteiger partial charge in [-0.1, -0.05) is 6.07 Å². The summed E-state index contributed by atoms with van der Waals surface area (Å²) in [5.74, 6) is 2.73. The molecule has 0 spiro atoms. The van der Waals surface area contributed by atoms with Crippen LogP contribution in [-0.4, -0.2) is 27.5 Å². The molecule has 0 saturated carbocycles. The second-order valence-corrected chi connectivity index (χ2v) is 4.89. The number of fused-ring (bicyclic) bond motifs is 1. The van der Waals surface area contributed by atoms with Crippen LogP contribution in [0.1, 0.15) is 17.2 Å². The zero-order valence-electron chi connectivity index (χ0n) is 12.4. The number of nitrogens with one attached hydrogen (secondary N) is 1. The summed E-state index contributed by atoms with van der Waals surface area (Å²) in [6.45, 7) is 2.43. The van der Waals surface area contributed by atoms with Crippen LogP contribution < -0.4 is 14.8 Å². The molecule has 1 aliphatic rings. The van der Waals surface area contributed by atoms with Gasteiger partial charge in [-0.15, -0.1) is 10.2 Å². The summed E-state index contributed by atoms with van der Waals surface area (Å²) >= 11 is 0. The van der Waals surface area contributed by atoms with Crippen LogP contribution >= 0.6 is 0 Å². The Morgan fingerprint density at radius 2 is 2.18 bits per heavy atom. The number of aryl methyl sites for hydroxylation is 1. The van der Waals surface area contributed by atoms with Gasteiger partial charge < -0.3 is 19.4 Å². The second kappa shape index (κ2) is 5.88. The Labute approximate surface area is 127 Å². The highest BCUT2D eigenvalue weighted by atomic mass is 16.7. The van der Waals surface area contributed by atoms with E-state index < -0.39 is 0 Å². The Morgan fingerprint density at radius 1 is 1.36 bits per heavy atom. The first-order chi connectivity index (χ1) is 10.6. The van der Waals surface area contributed by atoms with Gasteiger partial charge in [-0.2, -0.15) is 0 Å². The molecule has 2 heterocycles. The monoisotopic (exact) mass is 300 g/mol. The maximum Gasteiger partial charge on any atom is 0.244 e. The fourth-order valence-corrected chi connectivity index (χ4v) is 2.02. The molecule has 3 rings (SSSR count). The summed E-state index contributed by atoms with van der Waals surface area (Å²) < 4.78 is 12.4. The number of rotatable bonds is 4. The molecular formula is C15H16N4O3. The smallest absolute Gasteiger partial charge is 0.244 e. The number of carbonyl (C=O) groups excluding carboxylic acids is 1. The van der Waals surface area contributed by atoms with Crippen molar-refractivity contribution in [2.75, 3.05) is 6.79 Å². The van der Waals surface area contributed by atoms with Crippen LogP contribution in [0.4, 0.5) is 0 Å². The zero-order chi connectivity index (χ0) is 15.5. The lowest BCUT2D eigenvalue weighted by molar-refractivity contribution is -0.116. The van der Waals surface area contributed by atoms with Gasteiger partial charge in [-0.05, 0) is 30.7 Å². The minimum absolute atomic E-state index is 0.196. The van der Waals surface area contributed by atoms with Crippen molar-refractivity contribution in [3.05, 3.63) is 41.5 Å². The lowest BCUT2D eigenvalue weighted by Gasteiger charge is -2.02. The summed E-state index contributed by atoms with van der Waals surface area (Å²) in [6, 6.07) is 5.52. The van der Waals surface area contributed by atoms with Crippen LogP contribution in [0, 0.1) is 6.92 Å². The minimum atomic E-state index is -0.196. The Balaban J connectivity index is 1.58. The molecule has 2 aromatic rings. The molecule has 0 fully saturated rings. The molecule has 0 bridgehead atoms. The predicted molar refractivity (Wildman–Crippen MR) is 79.2 cm³/mol. The minimum Gasteiger partial charge on any atom is -0.454 e. The summed E-state index contributed by atoms with van der Waals surface area (Å²) in [5, 5.41) is 10.7. The highest BCUT2D eigenvalue weighted by Crippen LogP contribution is 2.32. The van der Waals surface area contributed by atoms with E-state index in [-0.39, 0.29) is 12.7 Å². The van der Waals surface area contributed by atoms with Crippen molar-refractivity contribution in [3.8, 4) is 11.5 Å². The van der Waals surface area contributed by atoms with E-state index in [4.69, 9.17) is 9.47 Å². The third-order valence-electron chi connectivity index (χ3n) is 3.43. The van der Waals surface area contributed by atoms with E-state index in [1.807, 2.05) is 36.7 Å². The molecule has 7 nitrogen and oxygen atoms in total. The summed E-state index contributed by atoms with van der Waals surface area (Å²) in [4.78, 5) is 11.8. The van der Waals surface area contributed by atoms with Crippen LogP contribution in [0.3, 0.4) is 0 Å². The van der Waals surface area contributed by atoms with Crippen molar-refractivity contribution in [2.45, 2.75) is 13.5 Å². The quantitative estimate of drug-likeness (QED) is 0.858. The van der Waals surface area contributed by atoms with E-state index in [0.717, 1.165) is 17.1 Å². The molecular weight excluding hydrogens is 284 g/mol. The Morgan fingerprint density at radius 3 is 2.95 bits per heavy atom. The molecule has 7 heteroatoms. The molecule has 1 aliphatic heterocycles. The van der Waals surface area contributed by atoms with Gasteiger partial charge in [0.25, 0.3) is 0 Å². The van der Waals surface area contributed by atoms with Gasteiger partial charge in [0.1, 0.15) is 5.82 Å². The van der Waals surface area contributed by atoms with E-state index >= 15 is 0 Å². The van der Waals surface area contributed by atoms with E-state index in [1.165, 1.54) is 6.08 Å². The van der Waals surface area contributed by atoms with Crippen LogP contribution in [0.2, 0.25) is 0 Å². The fraction of sp³-hybridized carbons (Fsp3) is 0.267. The summed E-state index contributed by atoms with van der Waals surface area (Å²) in [7, 11) is 1.86. The van der Waals surface area contributed by atoms with Gasteiger partial charge in [0.05, 0.1) is 6.54 Å². The molecule has 1 aromatic heterocycles. The lowest BCUT2D eigenvalue weighted by atomic mass is 10.2. The number of hydrogen-bond acceptors (Lipinski definition) is 5. The molecule has 0 atom stereocenters. The third kappa shape index (κ3) is 2.93. The van der Waals surface area contributed by atoms with Crippen molar-refractivity contribution >= 4 is 12.0 Å². The Kier molecular flexibility index (Phi) is 3.78. The number of aromatic nitrogens is 3. The molecule has 1 N–H and O–H groups in total. The maximum absolute atomic E-state index is 11.8. The van der Waals surface area contributed by atoms with E-state index in [9.17, 15) is 4.79 Å². The van der Waals surface area contributed by atoms with Crippen LogP contribution in [0.5, 0.6) is 11.5 Å². The van der Waals surface area contributed by atoms with Gasteiger partial charge in [0.15, 0.2) is 17.3 Å². The number of ether oxygens (including phenoxy) is 2. The standard InChI is InChI=1S/C15H16N4O3/c1-10-17-18-14(19(10)2)8-16-15(20)6-4-11-3-5-12-13(7-11)22-9-21-12/h3-7H,8-9H2,1-2H3,(H,16,20)/b6-4-. The van der Waals surface area contributed by atoms with Crippen LogP contribution in [0.25, 0.3) is 6.08 Å². The van der Waals surface area contributed by atoms with E-state index in [1.54, 1.807) is 6.08 Å². The highest BCUT2D eigenvalue weighted by Gasteiger charge is 2.12. The molecule has 0 radical (unpaired) electrons. The number of amides is 1. The lowest BCUT2D eigenvalue weighted by Crippen LogP contribution is -2.22. The van der Waals surface area contributed by atoms with E-state index in [2.05, 4.69) is 15.5 Å². The van der Waals surface area contributed by atoms with Crippen LogP contribution in [0.15, 0.2) is 24.3 Å². The van der Waals surface area contributed by atoms with Gasteiger partial charge >= 0.3 is 0 Å². The third-order valence-corrected chi connectivity index (χ3v) is 3.43. The van der Waals surface area contributed by atoms with Gasteiger partial charge in [-0.25, -0.2) is 0 Å². The number of hydrogen-bond donors (Lipinski definition) is 1. The Hall–Kier alpha value is -2.83. The Bertz CT molecular complexity index is 736. The SMILES string of the molecule is Cc1nnc(CNC(=O)/C=C\c2ccc3c(c2)OCO3)n1C. The molecule has 114 valence electrons.